The Labute approximate surface area is 143 Å². The second-order valence-corrected chi connectivity index (χ2v) is 7.11. The zero-order chi connectivity index (χ0) is 16.8. The van der Waals surface area contributed by atoms with Crippen molar-refractivity contribution >= 4 is 22.4 Å². The number of nitrogens with one attached hydrogen (secondary N) is 1. The van der Waals surface area contributed by atoms with E-state index in [1.54, 1.807) is 4.68 Å². The Balaban J connectivity index is 1.43. The summed E-state index contributed by atoms with van der Waals surface area (Å²) in [6.45, 7) is 3.83. The SMILES string of the molecule is Cc1cc(-c2csc(NC(=O)[C@@H]3C[C@@H]3c3cnn(C)c3)n2)c(C)o1. The van der Waals surface area contributed by atoms with Gasteiger partial charge in [-0.05, 0) is 37.8 Å². The predicted molar refractivity (Wildman–Crippen MR) is 92.0 cm³/mol. The van der Waals surface area contributed by atoms with Crippen LogP contribution < -0.4 is 5.32 Å². The standard InChI is InChI=1S/C17H18N4O2S/c1-9-4-12(10(2)23-9)15-8-24-17(19-15)20-16(22)14-5-13(14)11-6-18-21(3)7-11/h4,6-8,13-14H,5H2,1-3H3,(H,19,20,22)/t13-,14-/m1/s1. The van der Waals surface area contributed by atoms with E-state index in [-0.39, 0.29) is 17.7 Å². The van der Waals surface area contributed by atoms with Gasteiger partial charge in [-0.1, -0.05) is 0 Å². The lowest BCUT2D eigenvalue weighted by atomic mass is 10.2. The van der Waals surface area contributed by atoms with Crippen LogP contribution in [0.3, 0.4) is 0 Å². The van der Waals surface area contributed by atoms with Gasteiger partial charge in [0.2, 0.25) is 5.91 Å². The van der Waals surface area contributed by atoms with Crippen molar-refractivity contribution in [2.45, 2.75) is 26.2 Å². The minimum Gasteiger partial charge on any atom is -0.466 e. The molecule has 24 heavy (non-hydrogen) atoms. The molecule has 0 bridgehead atoms. The highest BCUT2D eigenvalue weighted by Gasteiger charge is 2.44. The number of hydrogen-bond donors (Lipinski definition) is 1. The normalized spacial score (nSPS) is 19.5. The average molecular weight is 342 g/mol. The van der Waals surface area contributed by atoms with Crippen LogP contribution >= 0.6 is 11.3 Å². The number of anilines is 1. The van der Waals surface area contributed by atoms with E-state index in [2.05, 4.69) is 15.4 Å². The number of aryl methyl sites for hydroxylation is 3. The molecule has 7 heteroatoms. The molecule has 0 radical (unpaired) electrons. The van der Waals surface area contributed by atoms with Crippen molar-refractivity contribution in [3.8, 4) is 11.3 Å². The van der Waals surface area contributed by atoms with E-state index < -0.39 is 0 Å². The molecule has 2 atom stereocenters. The fourth-order valence-corrected chi connectivity index (χ4v) is 3.74. The number of aromatic nitrogens is 3. The van der Waals surface area contributed by atoms with Gasteiger partial charge in [0.1, 0.15) is 11.5 Å². The quantitative estimate of drug-likeness (QED) is 0.787. The number of furan rings is 1. The molecule has 0 saturated heterocycles. The number of hydrogen-bond acceptors (Lipinski definition) is 5. The topological polar surface area (TPSA) is 73.0 Å². The van der Waals surface area contributed by atoms with Gasteiger partial charge in [0, 0.05) is 30.1 Å². The van der Waals surface area contributed by atoms with Crippen LogP contribution in [0.4, 0.5) is 5.13 Å². The lowest BCUT2D eigenvalue weighted by Gasteiger charge is -2.00. The highest BCUT2D eigenvalue weighted by molar-refractivity contribution is 7.14. The lowest BCUT2D eigenvalue weighted by Crippen LogP contribution is -2.14. The summed E-state index contributed by atoms with van der Waals surface area (Å²) >= 11 is 1.44. The summed E-state index contributed by atoms with van der Waals surface area (Å²) in [4.78, 5) is 16.9. The van der Waals surface area contributed by atoms with Gasteiger partial charge >= 0.3 is 0 Å². The molecule has 0 unspecified atom stereocenters. The average Bonchev–Trinajstić information content (AvgIpc) is 2.82. The van der Waals surface area contributed by atoms with Crippen molar-refractivity contribution in [1.82, 2.24) is 14.8 Å². The molecule has 3 aromatic heterocycles. The van der Waals surface area contributed by atoms with Gasteiger partial charge in [0.05, 0.1) is 11.9 Å². The van der Waals surface area contributed by atoms with E-state index in [1.807, 2.05) is 44.7 Å². The van der Waals surface area contributed by atoms with Gasteiger partial charge in [-0.2, -0.15) is 5.10 Å². The molecular weight excluding hydrogens is 324 g/mol. The van der Waals surface area contributed by atoms with Crippen LogP contribution in [0.2, 0.25) is 0 Å². The summed E-state index contributed by atoms with van der Waals surface area (Å²) < 4.78 is 7.31. The van der Waals surface area contributed by atoms with Crippen molar-refractivity contribution in [2.75, 3.05) is 5.32 Å². The fourth-order valence-electron chi connectivity index (χ4n) is 3.02. The molecule has 3 aromatic rings. The van der Waals surface area contributed by atoms with Gasteiger partial charge in [0.15, 0.2) is 5.13 Å². The van der Waals surface area contributed by atoms with E-state index in [0.717, 1.165) is 34.8 Å². The molecule has 0 aromatic carbocycles. The number of carbonyl (C=O) groups is 1. The van der Waals surface area contributed by atoms with Crippen LogP contribution in [-0.4, -0.2) is 20.7 Å². The highest BCUT2D eigenvalue weighted by atomic mass is 32.1. The molecule has 1 N–H and O–H groups in total. The third-order valence-corrected chi connectivity index (χ3v) is 5.09. The molecule has 0 spiro atoms. The summed E-state index contributed by atoms with van der Waals surface area (Å²) in [6, 6.07) is 1.97. The van der Waals surface area contributed by atoms with Gasteiger partial charge in [-0.15, -0.1) is 11.3 Å². The van der Waals surface area contributed by atoms with Crippen LogP contribution in [0.1, 0.15) is 29.4 Å². The largest absolute Gasteiger partial charge is 0.466 e. The molecule has 1 aliphatic carbocycles. The van der Waals surface area contributed by atoms with Crippen molar-refractivity contribution in [3.05, 3.63) is 40.9 Å². The molecule has 124 valence electrons. The zero-order valence-corrected chi connectivity index (χ0v) is 14.6. The number of nitrogens with zero attached hydrogens (tertiary/aromatic N) is 3. The third-order valence-electron chi connectivity index (χ3n) is 4.33. The molecule has 0 aliphatic heterocycles. The van der Waals surface area contributed by atoms with Crippen LogP contribution in [0, 0.1) is 19.8 Å². The summed E-state index contributed by atoms with van der Waals surface area (Å²) in [7, 11) is 1.89. The van der Waals surface area contributed by atoms with Crippen molar-refractivity contribution in [3.63, 3.8) is 0 Å². The summed E-state index contributed by atoms with van der Waals surface area (Å²) in [5.41, 5.74) is 2.94. The number of amides is 1. The van der Waals surface area contributed by atoms with Crippen LogP contribution in [0.5, 0.6) is 0 Å². The van der Waals surface area contributed by atoms with Gasteiger partial charge < -0.3 is 9.73 Å². The van der Waals surface area contributed by atoms with E-state index in [4.69, 9.17) is 4.42 Å². The maximum Gasteiger partial charge on any atom is 0.229 e. The summed E-state index contributed by atoms with van der Waals surface area (Å²) in [6.07, 6.45) is 4.68. The maximum absolute atomic E-state index is 12.4. The van der Waals surface area contributed by atoms with Crippen molar-refractivity contribution < 1.29 is 9.21 Å². The second kappa shape index (κ2) is 5.59. The smallest absolute Gasteiger partial charge is 0.229 e. The van der Waals surface area contributed by atoms with E-state index in [0.29, 0.717) is 5.13 Å². The van der Waals surface area contributed by atoms with Crippen LogP contribution in [-0.2, 0) is 11.8 Å². The lowest BCUT2D eigenvalue weighted by molar-refractivity contribution is -0.117. The molecule has 1 saturated carbocycles. The Morgan fingerprint density at radius 2 is 2.29 bits per heavy atom. The number of rotatable bonds is 4. The molecule has 3 heterocycles. The Hall–Kier alpha value is -2.41. The van der Waals surface area contributed by atoms with Crippen LogP contribution in [0.25, 0.3) is 11.3 Å². The van der Waals surface area contributed by atoms with Crippen molar-refractivity contribution in [1.29, 1.82) is 0 Å². The maximum atomic E-state index is 12.4. The first kappa shape index (κ1) is 15.1. The third kappa shape index (κ3) is 2.75. The van der Waals surface area contributed by atoms with Gasteiger partial charge in [-0.25, -0.2) is 4.98 Å². The molecule has 4 rings (SSSR count). The molecule has 1 aliphatic rings. The molecule has 1 amide bonds. The molecular formula is C17H18N4O2S. The minimum absolute atomic E-state index is 0.0134. The Morgan fingerprint density at radius 3 is 2.96 bits per heavy atom. The second-order valence-electron chi connectivity index (χ2n) is 6.25. The number of carbonyl (C=O) groups excluding carboxylic acids is 1. The van der Waals surface area contributed by atoms with Crippen LogP contribution in [0.15, 0.2) is 28.3 Å². The zero-order valence-electron chi connectivity index (χ0n) is 13.7. The van der Waals surface area contributed by atoms with E-state index in [9.17, 15) is 4.79 Å². The highest BCUT2D eigenvalue weighted by Crippen LogP contribution is 2.48. The minimum atomic E-state index is 0.0134. The van der Waals surface area contributed by atoms with E-state index >= 15 is 0 Å². The molecule has 1 fully saturated rings. The Morgan fingerprint density at radius 1 is 1.46 bits per heavy atom. The van der Waals surface area contributed by atoms with Crippen molar-refractivity contribution in [2.24, 2.45) is 13.0 Å². The summed E-state index contributed by atoms with van der Waals surface area (Å²) in [5, 5.41) is 9.68. The monoisotopic (exact) mass is 342 g/mol. The molecule has 6 nitrogen and oxygen atoms in total. The Kier molecular flexibility index (Phi) is 3.53. The first-order valence-electron chi connectivity index (χ1n) is 7.83. The fraction of sp³-hybridized carbons (Fsp3) is 0.353. The summed E-state index contributed by atoms with van der Waals surface area (Å²) in [5.74, 6) is 2.02. The Bertz CT molecular complexity index is 907. The predicted octanol–water partition coefficient (Wildman–Crippen LogP) is 3.50. The first-order valence-corrected chi connectivity index (χ1v) is 8.71. The van der Waals surface area contributed by atoms with E-state index in [1.165, 1.54) is 11.3 Å². The van der Waals surface area contributed by atoms with Gasteiger partial charge in [0.25, 0.3) is 0 Å². The number of thiazole rings is 1. The van der Waals surface area contributed by atoms with Gasteiger partial charge in [-0.3, -0.25) is 9.48 Å². The first-order chi connectivity index (χ1) is 11.5.